The topological polar surface area (TPSA) is 64.7 Å². The van der Waals surface area contributed by atoms with Gasteiger partial charge in [0.2, 0.25) is 11.8 Å². The summed E-state index contributed by atoms with van der Waals surface area (Å²) in [5.41, 5.74) is 3.07. The van der Waals surface area contributed by atoms with Crippen LogP contribution < -0.4 is 10.6 Å². The molecule has 1 heterocycles. The van der Waals surface area contributed by atoms with Crippen molar-refractivity contribution in [1.29, 1.82) is 0 Å². The molecule has 1 aromatic carbocycles. The first-order valence-electron chi connectivity index (χ1n) is 9.86. The fraction of sp³-hybridized carbons (Fsp3) is 0.619. The quantitative estimate of drug-likeness (QED) is 0.766. The number of amides is 2. The van der Waals surface area contributed by atoms with Gasteiger partial charge in [0.05, 0.1) is 13.1 Å². The average molecular weight is 375 g/mol. The molecule has 1 atom stereocenters. The van der Waals surface area contributed by atoms with E-state index in [0.29, 0.717) is 19.0 Å². The lowest BCUT2D eigenvalue weighted by molar-refractivity contribution is -0.124. The number of benzene rings is 1. The molecule has 0 bridgehead atoms. The van der Waals surface area contributed by atoms with Gasteiger partial charge in [-0.25, -0.2) is 0 Å². The van der Waals surface area contributed by atoms with Crippen LogP contribution in [0.2, 0.25) is 0 Å². The fourth-order valence-corrected chi connectivity index (χ4v) is 3.17. The third kappa shape index (κ3) is 6.63. The van der Waals surface area contributed by atoms with Crippen LogP contribution in [0, 0.1) is 19.8 Å². The van der Waals surface area contributed by atoms with Crippen molar-refractivity contribution in [2.24, 2.45) is 5.92 Å². The molecule has 1 saturated heterocycles. The second-order valence-corrected chi connectivity index (χ2v) is 7.97. The second-order valence-electron chi connectivity index (χ2n) is 7.97. The Kier molecular flexibility index (Phi) is 7.80. The zero-order chi connectivity index (χ0) is 20.0. The number of nitrogens with one attached hydrogen (secondary N) is 2. The first-order valence-corrected chi connectivity index (χ1v) is 9.86. The molecule has 1 fully saturated rings. The Morgan fingerprint density at radius 2 is 1.41 bits per heavy atom. The third-order valence-electron chi connectivity index (χ3n) is 5.33. The van der Waals surface area contributed by atoms with Crippen LogP contribution in [0.5, 0.6) is 0 Å². The largest absolute Gasteiger partial charge is 0.352 e. The molecule has 0 unspecified atom stereocenters. The first kappa shape index (κ1) is 21.4. The van der Waals surface area contributed by atoms with E-state index in [1.165, 1.54) is 0 Å². The van der Waals surface area contributed by atoms with Crippen molar-refractivity contribution >= 4 is 17.5 Å². The van der Waals surface area contributed by atoms with Gasteiger partial charge in [-0.3, -0.25) is 19.4 Å². The van der Waals surface area contributed by atoms with E-state index in [-0.39, 0.29) is 17.9 Å². The summed E-state index contributed by atoms with van der Waals surface area (Å²) >= 11 is 0. The highest BCUT2D eigenvalue weighted by atomic mass is 16.2. The van der Waals surface area contributed by atoms with Gasteiger partial charge in [-0.2, -0.15) is 0 Å². The summed E-state index contributed by atoms with van der Waals surface area (Å²) in [4.78, 5) is 28.8. The predicted molar refractivity (Wildman–Crippen MR) is 110 cm³/mol. The van der Waals surface area contributed by atoms with Gasteiger partial charge in [-0.15, -0.1) is 0 Å². The average Bonchev–Trinajstić information content (AvgIpc) is 2.60. The van der Waals surface area contributed by atoms with Crippen molar-refractivity contribution in [3.05, 3.63) is 29.3 Å². The van der Waals surface area contributed by atoms with Crippen molar-refractivity contribution < 1.29 is 9.59 Å². The number of aryl methyl sites for hydroxylation is 2. The molecule has 6 heteroatoms. The van der Waals surface area contributed by atoms with Crippen LogP contribution in [-0.2, 0) is 9.59 Å². The van der Waals surface area contributed by atoms with Crippen molar-refractivity contribution in [1.82, 2.24) is 15.1 Å². The monoisotopic (exact) mass is 374 g/mol. The Bertz CT molecular complexity index is 631. The van der Waals surface area contributed by atoms with E-state index < -0.39 is 0 Å². The molecular weight excluding hydrogens is 340 g/mol. The fourth-order valence-electron chi connectivity index (χ4n) is 3.17. The Morgan fingerprint density at radius 3 is 1.89 bits per heavy atom. The van der Waals surface area contributed by atoms with Gasteiger partial charge in [0.1, 0.15) is 0 Å². The first-order chi connectivity index (χ1) is 12.8. The lowest BCUT2D eigenvalue weighted by atomic mass is 10.1. The zero-order valence-corrected chi connectivity index (χ0v) is 17.3. The molecule has 0 radical (unpaired) electrons. The van der Waals surface area contributed by atoms with Crippen molar-refractivity contribution in [2.75, 3.05) is 44.6 Å². The smallest absolute Gasteiger partial charge is 0.238 e. The predicted octanol–water partition coefficient (Wildman–Crippen LogP) is 2.02. The summed E-state index contributed by atoms with van der Waals surface area (Å²) in [6.45, 7) is 14.3. The van der Waals surface area contributed by atoms with Crippen LogP contribution in [0.4, 0.5) is 5.69 Å². The number of carbonyl (C=O) groups is 2. The van der Waals surface area contributed by atoms with Gasteiger partial charge < -0.3 is 10.6 Å². The molecular formula is C21H34N4O2. The molecule has 27 heavy (non-hydrogen) atoms. The summed E-state index contributed by atoms with van der Waals surface area (Å²) < 4.78 is 0. The number of hydrogen-bond acceptors (Lipinski definition) is 4. The molecule has 2 N–H and O–H groups in total. The molecule has 6 nitrogen and oxygen atoms in total. The number of nitrogens with zero attached hydrogens (tertiary/aromatic N) is 2. The molecule has 1 aromatic rings. The SMILES string of the molecule is Cc1cccc(C)c1NC(=O)CN1CCN(CC(=O)N[C@@H](C)C(C)C)CC1. The van der Waals surface area contributed by atoms with Gasteiger partial charge in [0, 0.05) is 37.9 Å². The number of anilines is 1. The zero-order valence-electron chi connectivity index (χ0n) is 17.3. The molecule has 0 aliphatic carbocycles. The normalized spacial score (nSPS) is 17.0. The van der Waals surface area contributed by atoms with E-state index in [4.69, 9.17) is 0 Å². The summed E-state index contributed by atoms with van der Waals surface area (Å²) in [6, 6.07) is 6.20. The van der Waals surface area contributed by atoms with Crippen LogP contribution in [0.1, 0.15) is 31.9 Å². The van der Waals surface area contributed by atoms with E-state index in [1.807, 2.05) is 39.0 Å². The van der Waals surface area contributed by atoms with Gasteiger partial charge in [0.15, 0.2) is 0 Å². The van der Waals surface area contributed by atoms with Crippen LogP contribution in [0.15, 0.2) is 18.2 Å². The maximum atomic E-state index is 12.4. The Hall–Kier alpha value is -1.92. The number of carbonyl (C=O) groups excluding carboxylic acids is 2. The van der Waals surface area contributed by atoms with Crippen molar-refractivity contribution in [2.45, 2.75) is 40.7 Å². The van der Waals surface area contributed by atoms with Gasteiger partial charge >= 0.3 is 0 Å². The molecule has 0 aromatic heterocycles. The van der Waals surface area contributed by atoms with Crippen molar-refractivity contribution in [3.8, 4) is 0 Å². The van der Waals surface area contributed by atoms with E-state index in [0.717, 1.165) is 43.0 Å². The van der Waals surface area contributed by atoms with Gasteiger partial charge in [-0.05, 0) is 37.8 Å². The molecule has 1 aliphatic heterocycles. The highest BCUT2D eigenvalue weighted by Crippen LogP contribution is 2.19. The maximum Gasteiger partial charge on any atom is 0.238 e. The molecule has 2 amide bonds. The standard InChI is InChI=1S/C21H34N4O2/c1-15(2)18(5)22-19(26)13-24-9-11-25(12-10-24)14-20(27)23-21-16(3)7-6-8-17(21)4/h6-8,15,18H,9-14H2,1-5H3,(H,22,26)(H,23,27)/t18-/m0/s1. The summed E-state index contributed by atoms with van der Waals surface area (Å²) in [5.74, 6) is 0.531. The highest BCUT2D eigenvalue weighted by Gasteiger charge is 2.21. The minimum absolute atomic E-state index is 0.0179. The van der Waals surface area contributed by atoms with Crippen LogP contribution in [-0.4, -0.2) is 66.9 Å². The van der Waals surface area contributed by atoms with Crippen LogP contribution >= 0.6 is 0 Å². The number of rotatable bonds is 7. The minimum atomic E-state index is 0.0179. The lowest BCUT2D eigenvalue weighted by Gasteiger charge is -2.34. The number of hydrogen-bond donors (Lipinski definition) is 2. The van der Waals surface area contributed by atoms with E-state index in [2.05, 4.69) is 34.3 Å². The van der Waals surface area contributed by atoms with E-state index >= 15 is 0 Å². The Labute approximate surface area is 163 Å². The van der Waals surface area contributed by atoms with E-state index in [9.17, 15) is 9.59 Å². The summed E-state index contributed by atoms with van der Waals surface area (Å²) in [6.07, 6.45) is 0. The van der Waals surface area contributed by atoms with Gasteiger partial charge in [0.25, 0.3) is 0 Å². The molecule has 0 saturated carbocycles. The molecule has 2 rings (SSSR count). The molecule has 150 valence electrons. The molecule has 0 spiro atoms. The van der Waals surface area contributed by atoms with Crippen LogP contribution in [0.3, 0.4) is 0 Å². The van der Waals surface area contributed by atoms with Gasteiger partial charge in [-0.1, -0.05) is 32.0 Å². The summed E-state index contributed by atoms with van der Waals surface area (Å²) in [5, 5.41) is 6.09. The minimum Gasteiger partial charge on any atom is -0.352 e. The van der Waals surface area contributed by atoms with Crippen LogP contribution in [0.25, 0.3) is 0 Å². The Morgan fingerprint density at radius 1 is 0.926 bits per heavy atom. The van der Waals surface area contributed by atoms with E-state index in [1.54, 1.807) is 0 Å². The van der Waals surface area contributed by atoms with Crippen molar-refractivity contribution in [3.63, 3.8) is 0 Å². The second kappa shape index (κ2) is 9.85. The maximum absolute atomic E-state index is 12.4. The number of piperazine rings is 1. The number of para-hydroxylation sites is 1. The molecule has 1 aliphatic rings. The highest BCUT2D eigenvalue weighted by molar-refractivity contribution is 5.93. The lowest BCUT2D eigenvalue weighted by Crippen LogP contribution is -2.51. The third-order valence-corrected chi connectivity index (χ3v) is 5.33. The summed E-state index contributed by atoms with van der Waals surface area (Å²) in [7, 11) is 0. The Balaban J connectivity index is 1.74.